The van der Waals surface area contributed by atoms with Gasteiger partial charge in [0.15, 0.2) is 5.13 Å². The summed E-state index contributed by atoms with van der Waals surface area (Å²) in [5, 5.41) is 0.446. The van der Waals surface area contributed by atoms with Crippen LogP contribution in [0.1, 0.15) is 22.3 Å². The Labute approximate surface area is 98.2 Å². The predicted molar refractivity (Wildman–Crippen MR) is 62.6 cm³/mol. The highest BCUT2D eigenvalue weighted by atomic mass is 32.1. The van der Waals surface area contributed by atoms with Gasteiger partial charge >= 0.3 is 0 Å². The number of aromatic nitrogens is 1. The Morgan fingerprint density at radius 2 is 2.44 bits per heavy atom. The fourth-order valence-electron chi connectivity index (χ4n) is 1.78. The quantitative estimate of drug-likeness (QED) is 0.793. The first kappa shape index (κ1) is 11.3. The average molecular weight is 241 g/mol. The third-order valence-corrected chi connectivity index (χ3v) is 3.61. The first-order valence-electron chi connectivity index (χ1n) is 5.21. The molecule has 16 heavy (non-hydrogen) atoms. The van der Waals surface area contributed by atoms with Crippen LogP contribution in [-0.4, -0.2) is 41.6 Å². The second-order valence-corrected chi connectivity index (χ2v) is 4.92. The van der Waals surface area contributed by atoms with E-state index in [1.807, 2.05) is 18.7 Å². The van der Waals surface area contributed by atoms with Crippen LogP contribution in [0.25, 0.3) is 0 Å². The third kappa shape index (κ3) is 2.03. The number of nitrogen functional groups attached to an aromatic ring is 1. The van der Waals surface area contributed by atoms with Gasteiger partial charge in [0.25, 0.3) is 5.91 Å². The van der Waals surface area contributed by atoms with Crippen LogP contribution in [0.5, 0.6) is 0 Å². The summed E-state index contributed by atoms with van der Waals surface area (Å²) in [6.45, 7) is 5.63. The molecule has 2 N–H and O–H groups in total. The molecule has 0 radical (unpaired) electrons. The maximum Gasteiger partial charge on any atom is 0.266 e. The normalized spacial score (nSPS) is 21.1. The van der Waals surface area contributed by atoms with Gasteiger partial charge in [-0.3, -0.25) is 4.79 Å². The van der Waals surface area contributed by atoms with Crippen LogP contribution in [0.3, 0.4) is 0 Å². The summed E-state index contributed by atoms with van der Waals surface area (Å²) in [5.41, 5.74) is 6.31. The lowest BCUT2D eigenvalue weighted by Gasteiger charge is -2.33. The summed E-state index contributed by atoms with van der Waals surface area (Å²) in [6.07, 6.45) is 0. The highest BCUT2D eigenvalue weighted by molar-refractivity contribution is 7.17. The molecule has 1 aliphatic heterocycles. The summed E-state index contributed by atoms with van der Waals surface area (Å²) in [4.78, 5) is 18.8. The Morgan fingerprint density at radius 3 is 3.00 bits per heavy atom. The minimum absolute atomic E-state index is 0.0162. The Balaban J connectivity index is 2.21. The van der Waals surface area contributed by atoms with Gasteiger partial charge in [-0.1, -0.05) is 11.3 Å². The zero-order valence-corrected chi connectivity index (χ0v) is 10.2. The lowest BCUT2D eigenvalue weighted by Crippen LogP contribution is -2.47. The van der Waals surface area contributed by atoms with Gasteiger partial charge in [0.2, 0.25) is 0 Å². The van der Waals surface area contributed by atoms with Gasteiger partial charge < -0.3 is 15.4 Å². The molecule has 0 aromatic carbocycles. The molecule has 0 unspecified atom stereocenters. The van der Waals surface area contributed by atoms with Crippen molar-refractivity contribution >= 4 is 22.4 Å². The van der Waals surface area contributed by atoms with E-state index in [2.05, 4.69) is 4.98 Å². The molecule has 5 nitrogen and oxygen atoms in total. The van der Waals surface area contributed by atoms with Crippen molar-refractivity contribution < 1.29 is 9.53 Å². The molecule has 0 spiro atoms. The van der Waals surface area contributed by atoms with E-state index in [0.717, 1.165) is 0 Å². The minimum atomic E-state index is 0.0162. The van der Waals surface area contributed by atoms with E-state index in [1.165, 1.54) is 11.3 Å². The molecule has 0 bridgehead atoms. The molecule has 1 amide bonds. The van der Waals surface area contributed by atoms with Crippen molar-refractivity contribution in [2.75, 3.05) is 25.5 Å². The Hall–Kier alpha value is -1.14. The SMILES string of the molecule is Cc1nc(N)sc1C(=O)N1CCOC[C@H]1C. The van der Waals surface area contributed by atoms with E-state index in [9.17, 15) is 4.79 Å². The number of aryl methyl sites for hydroxylation is 1. The fourth-order valence-corrected chi connectivity index (χ4v) is 2.56. The molecule has 1 atom stereocenters. The number of morpholine rings is 1. The van der Waals surface area contributed by atoms with E-state index in [1.54, 1.807) is 0 Å². The molecule has 0 saturated carbocycles. The lowest BCUT2D eigenvalue weighted by atomic mass is 10.2. The van der Waals surface area contributed by atoms with Crippen molar-refractivity contribution in [3.05, 3.63) is 10.6 Å². The molecule has 2 rings (SSSR count). The molecule has 6 heteroatoms. The van der Waals surface area contributed by atoms with E-state index >= 15 is 0 Å². The summed E-state index contributed by atoms with van der Waals surface area (Å²) in [7, 11) is 0. The first-order chi connectivity index (χ1) is 7.59. The van der Waals surface area contributed by atoms with Gasteiger partial charge in [-0.25, -0.2) is 4.98 Å². The number of ether oxygens (including phenoxy) is 1. The van der Waals surface area contributed by atoms with Crippen molar-refractivity contribution in [1.29, 1.82) is 0 Å². The van der Waals surface area contributed by atoms with Crippen LogP contribution < -0.4 is 5.73 Å². The standard InChI is InChI=1S/C10H15N3O2S/c1-6-5-15-4-3-13(6)9(14)8-7(2)12-10(11)16-8/h6H,3-5H2,1-2H3,(H2,11,12)/t6-/m1/s1. The summed E-state index contributed by atoms with van der Waals surface area (Å²) in [6, 6.07) is 0.115. The smallest absolute Gasteiger partial charge is 0.266 e. The molecule has 1 aromatic heterocycles. The zero-order chi connectivity index (χ0) is 11.7. The van der Waals surface area contributed by atoms with Crippen LogP contribution in [0.2, 0.25) is 0 Å². The number of thiazole rings is 1. The monoisotopic (exact) mass is 241 g/mol. The van der Waals surface area contributed by atoms with Gasteiger partial charge in [0.1, 0.15) is 4.88 Å². The predicted octanol–water partition coefficient (Wildman–Crippen LogP) is 0.895. The number of anilines is 1. The van der Waals surface area contributed by atoms with E-state index < -0.39 is 0 Å². The zero-order valence-electron chi connectivity index (χ0n) is 9.40. The molecule has 1 saturated heterocycles. The van der Waals surface area contributed by atoms with Crippen molar-refractivity contribution in [3.63, 3.8) is 0 Å². The molecule has 1 fully saturated rings. The highest BCUT2D eigenvalue weighted by Crippen LogP contribution is 2.23. The topological polar surface area (TPSA) is 68.5 Å². The third-order valence-electron chi connectivity index (χ3n) is 2.64. The number of rotatable bonds is 1. The van der Waals surface area contributed by atoms with Crippen molar-refractivity contribution in [1.82, 2.24) is 9.88 Å². The number of carbonyl (C=O) groups excluding carboxylic acids is 1. The van der Waals surface area contributed by atoms with E-state index in [0.29, 0.717) is 35.5 Å². The van der Waals surface area contributed by atoms with Crippen LogP contribution in [0, 0.1) is 6.92 Å². The second kappa shape index (κ2) is 4.39. The molecule has 88 valence electrons. The maximum absolute atomic E-state index is 12.2. The molecule has 2 heterocycles. The number of nitrogens with two attached hydrogens (primary N) is 1. The largest absolute Gasteiger partial charge is 0.377 e. The number of amides is 1. The van der Waals surface area contributed by atoms with E-state index in [4.69, 9.17) is 10.5 Å². The lowest BCUT2D eigenvalue weighted by molar-refractivity contribution is 0.00381. The molecule has 1 aromatic rings. The Bertz CT molecular complexity index is 405. The fraction of sp³-hybridized carbons (Fsp3) is 0.600. The molecular weight excluding hydrogens is 226 g/mol. The highest BCUT2D eigenvalue weighted by Gasteiger charge is 2.27. The summed E-state index contributed by atoms with van der Waals surface area (Å²) < 4.78 is 5.30. The van der Waals surface area contributed by atoms with Crippen molar-refractivity contribution in [2.45, 2.75) is 19.9 Å². The Morgan fingerprint density at radius 1 is 1.69 bits per heavy atom. The van der Waals surface area contributed by atoms with Crippen molar-refractivity contribution in [3.8, 4) is 0 Å². The second-order valence-electron chi connectivity index (χ2n) is 3.89. The van der Waals surface area contributed by atoms with Gasteiger partial charge in [-0.2, -0.15) is 0 Å². The Kier molecular flexibility index (Phi) is 3.11. The van der Waals surface area contributed by atoms with E-state index in [-0.39, 0.29) is 11.9 Å². The average Bonchev–Trinajstić information content (AvgIpc) is 2.58. The van der Waals surface area contributed by atoms with Crippen molar-refractivity contribution in [2.24, 2.45) is 0 Å². The van der Waals surface area contributed by atoms with Crippen LogP contribution >= 0.6 is 11.3 Å². The first-order valence-corrected chi connectivity index (χ1v) is 6.03. The van der Waals surface area contributed by atoms with Gasteiger partial charge in [-0.05, 0) is 13.8 Å². The molecule has 0 aliphatic carbocycles. The van der Waals surface area contributed by atoms with Gasteiger partial charge in [0, 0.05) is 6.54 Å². The summed E-state index contributed by atoms with van der Waals surface area (Å²) in [5.74, 6) is 0.0162. The number of nitrogens with zero attached hydrogens (tertiary/aromatic N) is 2. The number of hydrogen-bond acceptors (Lipinski definition) is 5. The van der Waals surface area contributed by atoms with Gasteiger partial charge in [-0.15, -0.1) is 0 Å². The maximum atomic E-state index is 12.2. The summed E-state index contributed by atoms with van der Waals surface area (Å²) >= 11 is 1.25. The van der Waals surface area contributed by atoms with Crippen LogP contribution in [-0.2, 0) is 4.74 Å². The molecule has 1 aliphatic rings. The minimum Gasteiger partial charge on any atom is -0.377 e. The van der Waals surface area contributed by atoms with Crippen LogP contribution in [0.15, 0.2) is 0 Å². The number of hydrogen-bond donors (Lipinski definition) is 1. The number of carbonyl (C=O) groups is 1. The van der Waals surface area contributed by atoms with Gasteiger partial charge in [0.05, 0.1) is 24.9 Å². The van der Waals surface area contributed by atoms with Crippen LogP contribution in [0.4, 0.5) is 5.13 Å². The molecular formula is C10H15N3O2S.